The van der Waals surface area contributed by atoms with Gasteiger partial charge in [0.25, 0.3) is 0 Å². The number of aryl methyl sites for hydroxylation is 1. The molecule has 0 aliphatic heterocycles. The van der Waals surface area contributed by atoms with Gasteiger partial charge in [-0.05, 0) is 6.92 Å². The lowest BCUT2D eigenvalue weighted by Crippen LogP contribution is -2.13. The van der Waals surface area contributed by atoms with Crippen molar-refractivity contribution in [2.24, 2.45) is 5.73 Å². The minimum absolute atomic E-state index is 0.313. The molecule has 1 atom stereocenters. The van der Waals surface area contributed by atoms with Gasteiger partial charge in [-0.15, -0.1) is 0 Å². The first kappa shape index (κ1) is 11.5. The summed E-state index contributed by atoms with van der Waals surface area (Å²) in [6.07, 6.45) is 5.11. The van der Waals surface area contributed by atoms with Crippen LogP contribution >= 0.6 is 0 Å². The van der Waals surface area contributed by atoms with E-state index < -0.39 is 0 Å². The van der Waals surface area contributed by atoms with E-state index in [1.807, 2.05) is 17.8 Å². The Kier molecular flexibility index (Phi) is 3.34. The Morgan fingerprint density at radius 3 is 2.94 bits per heavy atom. The minimum Gasteiger partial charge on any atom is -0.481 e. The van der Waals surface area contributed by atoms with Crippen LogP contribution in [-0.4, -0.2) is 26.9 Å². The zero-order chi connectivity index (χ0) is 12.3. The average Bonchev–Trinajstić information content (AvgIpc) is 2.86. The van der Waals surface area contributed by atoms with E-state index in [4.69, 9.17) is 10.5 Å². The highest BCUT2D eigenvalue weighted by Crippen LogP contribution is 2.19. The van der Waals surface area contributed by atoms with Gasteiger partial charge in [-0.1, -0.05) is 0 Å². The third-order valence-electron chi connectivity index (χ3n) is 2.53. The lowest BCUT2D eigenvalue weighted by Gasteiger charge is -2.09. The molecule has 0 fully saturated rings. The van der Waals surface area contributed by atoms with Crippen LogP contribution < -0.4 is 10.5 Å². The highest BCUT2D eigenvalue weighted by Gasteiger charge is 2.13. The van der Waals surface area contributed by atoms with Crippen molar-refractivity contribution in [3.63, 3.8) is 0 Å². The molecule has 2 aromatic heterocycles. The fourth-order valence-electron chi connectivity index (χ4n) is 1.52. The molecule has 0 saturated heterocycles. The lowest BCUT2D eigenvalue weighted by molar-refractivity contribution is 0.395. The molecule has 90 valence electrons. The molecule has 0 spiro atoms. The Morgan fingerprint density at radius 2 is 2.29 bits per heavy atom. The van der Waals surface area contributed by atoms with Crippen LogP contribution in [0.5, 0.6) is 5.88 Å². The molecule has 0 saturated carbocycles. The monoisotopic (exact) mass is 233 g/mol. The number of nitrogens with two attached hydrogens (primary N) is 1. The van der Waals surface area contributed by atoms with Crippen LogP contribution in [0.2, 0.25) is 0 Å². The number of aromatic nitrogens is 4. The van der Waals surface area contributed by atoms with Gasteiger partial charge in [0.1, 0.15) is 6.33 Å². The second-order valence-electron chi connectivity index (χ2n) is 3.59. The van der Waals surface area contributed by atoms with Gasteiger partial charge in [-0.2, -0.15) is 5.10 Å². The molecule has 0 amide bonds. The van der Waals surface area contributed by atoms with Crippen molar-refractivity contribution in [1.82, 2.24) is 19.7 Å². The van der Waals surface area contributed by atoms with Gasteiger partial charge in [0, 0.05) is 24.4 Å². The van der Waals surface area contributed by atoms with Crippen LogP contribution in [0.3, 0.4) is 0 Å². The highest BCUT2D eigenvalue weighted by molar-refractivity contribution is 5.25. The van der Waals surface area contributed by atoms with E-state index in [9.17, 15) is 0 Å². The molecule has 0 radical (unpaired) electrons. The Bertz CT molecular complexity index is 496. The molecule has 2 N–H and O–H groups in total. The summed E-state index contributed by atoms with van der Waals surface area (Å²) in [7, 11) is 1.56. The highest BCUT2D eigenvalue weighted by atomic mass is 16.5. The van der Waals surface area contributed by atoms with Gasteiger partial charge >= 0.3 is 0 Å². The summed E-state index contributed by atoms with van der Waals surface area (Å²) in [5.41, 5.74) is 7.75. The molecular formula is C11H15N5O. The number of ether oxygens (including phenoxy) is 1. The average molecular weight is 233 g/mol. The van der Waals surface area contributed by atoms with Gasteiger partial charge in [-0.3, -0.25) is 4.68 Å². The number of hydrogen-bond acceptors (Lipinski definition) is 5. The molecule has 0 bridgehead atoms. The molecule has 0 aromatic carbocycles. The van der Waals surface area contributed by atoms with Gasteiger partial charge < -0.3 is 10.5 Å². The van der Waals surface area contributed by atoms with Crippen LogP contribution in [0.4, 0.5) is 0 Å². The Labute approximate surface area is 99.4 Å². The number of nitrogens with zero attached hydrogens (tertiary/aromatic N) is 4. The van der Waals surface area contributed by atoms with Crippen LogP contribution in [0.15, 0.2) is 24.8 Å². The second-order valence-corrected chi connectivity index (χ2v) is 3.59. The summed E-state index contributed by atoms with van der Waals surface area (Å²) in [5, 5.41) is 4.19. The van der Waals surface area contributed by atoms with Crippen molar-refractivity contribution in [3.05, 3.63) is 36.0 Å². The molecule has 0 aliphatic carbocycles. The molecule has 6 heteroatoms. The Balaban J connectivity index is 2.26. The lowest BCUT2D eigenvalue weighted by atomic mass is 10.1. The number of methoxy groups -OCH3 is 1. The van der Waals surface area contributed by atoms with Crippen molar-refractivity contribution in [3.8, 4) is 5.88 Å². The second kappa shape index (κ2) is 4.92. The minimum atomic E-state index is -0.313. The quantitative estimate of drug-likeness (QED) is 0.843. The fraction of sp³-hybridized carbons (Fsp3) is 0.364. The van der Waals surface area contributed by atoms with E-state index in [-0.39, 0.29) is 6.04 Å². The summed E-state index contributed by atoms with van der Waals surface area (Å²) in [5.74, 6) is 0.508. The maximum absolute atomic E-state index is 6.11. The molecule has 2 rings (SSSR count). The third kappa shape index (κ3) is 2.42. The summed E-state index contributed by atoms with van der Waals surface area (Å²) >= 11 is 0. The molecule has 6 nitrogen and oxygen atoms in total. The smallest absolute Gasteiger partial charge is 0.216 e. The van der Waals surface area contributed by atoms with Crippen molar-refractivity contribution in [2.45, 2.75) is 19.5 Å². The zero-order valence-electron chi connectivity index (χ0n) is 9.87. The number of rotatable bonds is 4. The molecule has 1 unspecified atom stereocenters. The van der Waals surface area contributed by atoms with E-state index in [2.05, 4.69) is 15.1 Å². The normalized spacial score (nSPS) is 12.4. The van der Waals surface area contributed by atoms with E-state index >= 15 is 0 Å². The van der Waals surface area contributed by atoms with Crippen molar-refractivity contribution in [1.29, 1.82) is 0 Å². The van der Waals surface area contributed by atoms with Crippen molar-refractivity contribution >= 4 is 0 Å². The molecular weight excluding hydrogens is 218 g/mol. The van der Waals surface area contributed by atoms with E-state index in [0.29, 0.717) is 11.6 Å². The summed E-state index contributed by atoms with van der Waals surface area (Å²) in [6, 6.07) is 1.42. The summed E-state index contributed by atoms with van der Waals surface area (Å²) < 4.78 is 6.87. The molecule has 0 aliphatic rings. The van der Waals surface area contributed by atoms with Gasteiger partial charge in [0.05, 0.1) is 25.0 Å². The van der Waals surface area contributed by atoms with Crippen LogP contribution in [0, 0.1) is 0 Å². The molecule has 2 heterocycles. The largest absolute Gasteiger partial charge is 0.481 e. The summed E-state index contributed by atoms with van der Waals surface area (Å²) in [6.45, 7) is 2.84. The topological polar surface area (TPSA) is 78.9 Å². The first-order valence-corrected chi connectivity index (χ1v) is 5.38. The Hall–Kier alpha value is -1.95. The van der Waals surface area contributed by atoms with Crippen molar-refractivity contribution < 1.29 is 4.74 Å². The standard InChI is InChI=1S/C11H15N5O/c1-3-16-6-8(5-15-16)11(12)9-4-10(17-2)14-7-13-9/h4-7,11H,3,12H2,1-2H3. The van der Waals surface area contributed by atoms with Gasteiger partial charge in [-0.25, -0.2) is 9.97 Å². The SMILES string of the molecule is CCn1cc(C(N)c2cc(OC)ncn2)cn1. The van der Waals surface area contributed by atoms with E-state index in [1.54, 1.807) is 19.4 Å². The third-order valence-corrected chi connectivity index (χ3v) is 2.53. The maximum atomic E-state index is 6.11. The van der Waals surface area contributed by atoms with Crippen LogP contribution in [0.1, 0.15) is 24.2 Å². The predicted octanol–water partition coefficient (Wildman–Crippen LogP) is 0.750. The van der Waals surface area contributed by atoms with Gasteiger partial charge in [0.2, 0.25) is 5.88 Å². The zero-order valence-corrected chi connectivity index (χ0v) is 9.87. The fourth-order valence-corrected chi connectivity index (χ4v) is 1.52. The van der Waals surface area contributed by atoms with Crippen LogP contribution in [-0.2, 0) is 6.54 Å². The molecule has 2 aromatic rings. The maximum Gasteiger partial charge on any atom is 0.216 e. The first-order chi connectivity index (χ1) is 8.24. The van der Waals surface area contributed by atoms with E-state index in [1.165, 1.54) is 6.33 Å². The Morgan fingerprint density at radius 1 is 1.47 bits per heavy atom. The summed E-state index contributed by atoms with van der Waals surface area (Å²) in [4.78, 5) is 8.09. The first-order valence-electron chi connectivity index (χ1n) is 5.38. The predicted molar refractivity (Wildman–Crippen MR) is 62.5 cm³/mol. The van der Waals surface area contributed by atoms with Crippen molar-refractivity contribution in [2.75, 3.05) is 7.11 Å². The molecule has 17 heavy (non-hydrogen) atoms. The van der Waals surface area contributed by atoms with Gasteiger partial charge in [0.15, 0.2) is 0 Å². The number of hydrogen-bond donors (Lipinski definition) is 1. The van der Waals surface area contributed by atoms with E-state index in [0.717, 1.165) is 12.1 Å². The van der Waals surface area contributed by atoms with Crippen LogP contribution in [0.25, 0.3) is 0 Å².